The van der Waals surface area contributed by atoms with Crippen LogP contribution in [0.15, 0.2) is 30.6 Å². The molecular formula is C13H9ClFN3O2. The van der Waals surface area contributed by atoms with E-state index in [1.54, 1.807) is 23.1 Å². The summed E-state index contributed by atoms with van der Waals surface area (Å²) in [5, 5.41) is 4.08. The van der Waals surface area contributed by atoms with Gasteiger partial charge in [0.25, 0.3) is 11.7 Å². The third-order valence-electron chi connectivity index (χ3n) is 3.13. The lowest BCUT2D eigenvalue weighted by Gasteiger charge is -2.17. The second-order valence-corrected chi connectivity index (χ2v) is 4.72. The van der Waals surface area contributed by atoms with Crippen molar-refractivity contribution in [3.8, 4) is 0 Å². The fourth-order valence-electron chi connectivity index (χ4n) is 2.20. The number of aromatic nitrogens is 2. The monoisotopic (exact) mass is 293 g/mol. The van der Waals surface area contributed by atoms with Gasteiger partial charge in [0.05, 0.1) is 22.8 Å². The van der Waals surface area contributed by atoms with Crippen LogP contribution in [0.1, 0.15) is 10.4 Å². The van der Waals surface area contributed by atoms with E-state index in [4.69, 9.17) is 11.6 Å². The molecule has 0 fully saturated rings. The Hall–Kier alpha value is -2.21. The Morgan fingerprint density at radius 3 is 2.75 bits per heavy atom. The lowest BCUT2D eigenvalue weighted by molar-refractivity contribution is -0.114. The maximum Gasteiger partial charge on any atom is 0.299 e. The van der Waals surface area contributed by atoms with Crippen LogP contribution in [-0.4, -0.2) is 28.0 Å². The van der Waals surface area contributed by atoms with Crippen molar-refractivity contribution < 1.29 is 14.0 Å². The van der Waals surface area contributed by atoms with Gasteiger partial charge < -0.3 is 4.90 Å². The Labute approximate surface area is 118 Å². The minimum absolute atomic E-state index is 0.0420. The Balaban J connectivity index is 1.96. The molecule has 0 N–H and O–H groups in total. The van der Waals surface area contributed by atoms with Crippen molar-refractivity contribution in [1.29, 1.82) is 0 Å². The number of anilines is 1. The molecule has 1 aliphatic rings. The molecule has 7 heteroatoms. The number of rotatable bonds is 3. The average molecular weight is 294 g/mol. The normalized spacial score (nSPS) is 14.0. The zero-order valence-electron chi connectivity index (χ0n) is 10.2. The van der Waals surface area contributed by atoms with Gasteiger partial charge >= 0.3 is 0 Å². The van der Waals surface area contributed by atoms with Gasteiger partial charge in [0, 0.05) is 18.9 Å². The van der Waals surface area contributed by atoms with Crippen LogP contribution in [0.4, 0.5) is 10.1 Å². The molecule has 20 heavy (non-hydrogen) atoms. The third kappa shape index (κ3) is 1.89. The van der Waals surface area contributed by atoms with Crippen LogP contribution in [0.2, 0.25) is 5.02 Å². The van der Waals surface area contributed by atoms with Crippen LogP contribution in [-0.2, 0) is 11.3 Å². The lowest BCUT2D eigenvalue weighted by Crippen LogP contribution is -2.33. The third-order valence-corrected chi connectivity index (χ3v) is 3.44. The largest absolute Gasteiger partial charge is 0.300 e. The molecule has 0 bridgehead atoms. The van der Waals surface area contributed by atoms with Gasteiger partial charge in [-0.2, -0.15) is 5.10 Å². The summed E-state index contributed by atoms with van der Waals surface area (Å²) in [6, 6.07) is 4.16. The Morgan fingerprint density at radius 1 is 1.25 bits per heavy atom. The predicted molar refractivity (Wildman–Crippen MR) is 70.3 cm³/mol. The molecule has 1 aromatic heterocycles. The highest BCUT2D eigenvalue weighted by molar-refractivity contribution is 6.55. The second-order valence-electron chi connectivity index (χ2n) is 4.31. The van der Waals surface area contributed by atoms with Crippen molar-refractivity contribution in [1.82, 2.24) is 9.78 Å². The Morgan fingerprint density at radius 2 is 2.05 bits per heavy atom. The number of benzene rings is 1. The van der Waals surface area contributed by atoms with Crippen LogP contribution in [0.25, 0.3) is 0 Å². The molecule has 0 atom stereocenters. The fourth-order valence-corrected chi connectivity index (χ4v) is 2.44. The zero-order chi connectivity index (χ0) is 14.3. The van der Waals surface area contributed by atoms with Crippen molar-refractivity contribution in [2.75, 3.05) is 11.4 Å². The summed E-state index contributed by atoms with van der Waals surface area (Å²) in [6.45, 7) is 0.508. The molecule has 0 spiro atoms. The summed E-state index contributed by atoms with van der Waals surface area (Å²) in [7, 11) is 0. The molecule has 0 saturated heterocycles. The van der Waals surface area contributed by atoms with E-state index in [0.29, 0.717) is 6.54 Å². The molecule has 0 radical (unpaired) electrons. The van der Waals surface area contributed by atoms with Gasteiger partial charge in [0.1, 0.15) is 5.82 Å². The van der Waals surface area contributed by atoms with Gasteiger partial charge in [-0.15, -0.1) is 0 Å². The number of hydrogen-bond acceptors (Lipinski definition) is 3. The number of hydrogen-bond donors (Lipinski definition) is 0. The highest BCUT2D eigenvalue weighted by Crippen LogP contribution is 2.36. The number of ketones is 1. The molecule has 5 nitrogen and oxygen atoms in total. The summed E-state index contributed by atoms with van der Waals surface area (Å²) in [5.41, 5.74) is -0.100. The number of halogens is 2. The molecule has 0 saturated carbocycles. The van der Waals surface area contributed by atoms with Gasteiger partial charge in [-0.05, 0) is 18.2 Å². The minimum Gasteiger partial charge on any atom is -0.300 e. The van der Waals surface area contributed by atoms with Gasteiger partial charge in [0.15, 0.2) is 0 Å². The molecule has 2 aromatic rings. The summed E-state index contributed by atoms with van der Waals surface area (Å²) in [4.78, 5) is 24.9. The molecule has 3 rings (SSSR count). The smallest absolute Gasteiger partial charge is 0.299 e. The van der Waals surface area contributed by atoms with Crippen molar-refractivity contribution in [3.63, 3.8) is 0 Å². The first-order valence-corrected chi connectivity index (χ1v) is 6.29. The van der Waals surface area contributed by atoms with E-state index in [9.17, 15) is 14.0 Å². The van der Waals surface area contributed by atoms with Crippen molar-refractivity contribution in [3.05, 3.63) is 47.0 Å². The van der Waals surface area contributed by atoms with Gasteiger partial charge in [-0.1, -0.05) is 11.6 Å². The number of Topliss-reactive ketones (excluding diaryl/α,β-unsaturated/α-hetero) is 1. The van der Waals surface area contributed by atoms with Gasteiger partial charge in [-0.25, -0.2) is 4.39 Å². The van der Waals surface area contributed by atoms with Crippen LogP contribution in [0.5, 0.6) is 0 Å². The first-order valence-electron chi connectivity index (χ1n) is 5.91. The summed E-state index contributed by atoms with van der Waals surface area (Å²) in [6.07, 6.45) is 3.32. The van der Waals surface area contributed by atoms with E-state index in [0.717, 1.165) is 11.0 Å². The maximum absolute atomic E-state index is 13.9. The molecule has 1 amide bonds. The highest BCUT2D eigenvalue weighted by Gasteiger charge is 2.39. The van der Waals surface area contributed by atoms with Gasteiger partial charge in [-0.3, -0.25) is 14.3 Å². The van der Waals surface area contributed by atoms with Crippen molar-refractivity contribution in [2.45, 2.75) is 6.54 Å². The van der Waals surface area contributed by atoms with E-state index < -0.39 is 17.5 Å². The van der Waals surface area contributed by atoms with Crippen molar-refractivity contribution in [2.24, 2.45) is 0 Å². The fraction of sp³-hybridized carbons (Fsp3) is 0.154. The first kappa shape index (κ1) is 12.8. The zero-order valence-corrected chi connectivity index (χ0v) is 11.0. The molecule has 0 unspecified atom stereocenters. The molecule has 0 aliphatic carbocycles. The van der Waals surface area contributed by atoms with Crippen LogP contribution < -0.4 is 4.90 Å². The molecule has 1 aliphatic heterocycles. The number of fused-ring (bicyclic) bond motifs is 1. The van der Waals surface area contributed by atoms with E-state index >= 15 is 0 Å². The van der Waals surface area contributed by atoms with E-state index in [1.807, 2.05) is 0 Å². The highest BCUT2D eigenvalue weighted by atomic mass is 35.5. The standard InChI is InChI=1S/C13H9ClFN3O2/c14-8-2-3-9(15)11-10(8)12(19)13(20)18(11)7-6-17-5-1-4-16-17/h1-5H,6-7H2. The molecular weight excluding hydrogens is 285 g/mol. The molecule has 2 heterocycles. The minimum atomic E-state index is -0.773. The SMILES string of the molecule is O=C1C(=O)N(CCn2cccn2)c2c(F)ccc(Cl)c21. The van der Waals surface area contributed by atoms with Crippen LogP contribution in [0, 0.1) is 5.82 Å². The number of carbonyl (C=O) groups excluding carboxylic acids is 2. The Kier molecular flexibility index (Phi) is 3.02. The van der Waals surface area contributed by atoms with E-state index in [-0.39, 0.29) is 22.8 Å². The summed E-state index contributed by atoms with van der Waals surface area (Å²) in [5.74, 6) is -2.17. The van der Waals surface area contributed by atoms with Gasteiger partial charge in [0.2, 0.25) is 0 Å². The van der Waals surface area contributed by atoms with E-state index in [2.05, 4.69) is 5.10 Å². The molecule has 102 valence electrons. The number of nitrogens with zero attached hydrogens (tertiary/aromatic N) is 3. The maximum atomic E-state index is 13.9. The van der Waals surface area contributed by atoms with Crippen LogP contribution >= 0.6 is 11.6 Å². The Bertz CT molecular complexity index is 700. The number of carbonyl (C=O) groups is 2. The van der Waals surface area contributed by atoms with E-state index in [1.165, 1.54) is 6.07 Å². The average Bonchev–Trinajstić information content (AvgIpc) is 3.02. The summed E-state index contributed by atoms with van der Waals surface area (Å²) >= 11 is 5.88. The number of amides is 1. The van der Waals surface area contributed by atoms with Crippen LogP contribution in [0.3, 0.4) is 0 Å². The topological polar surface area (TPSA) is 55.2 Å². The molecule has 1 aromatic carbocycles. The summed E-state index contributed by atoms with van der Waals surface area (Å²) < 4.78 is 15.5. The second kappa shape index (κ2) is 4.72. The predicted octanol–water partition coefficient (Wildman–Crippen LogP) is 1.91. The van der Waals surface area contributed by atoms with Crippen molar-refractivity contribution >= 4 is 29.0 Å². The lowest BCUT2D eigenvalue weighted by atomic mass is 10.1. The first-order chi connectivity index (χ1) is 9.59. The quantitative estimate of drug-likeness (QED) is 0.812.